The molecule has 69 heavy (non-hydrogen) atoms. The number of amides is 1. The van der Waals surface area contributed by atoms with Crippen molar-refractivity contribution < 1.29 is 25.2 Å². The van der Waals surface area contributed by atoms with Crippen LogP contribution in [0.5, 0.6) is 0 Å². The van der Waals surface area contributed by atoms with E-state index >= 15 is 0 Å². The van der Waals surface area contributed by atoms with Gasteiger partial charge in [0.1, 0.15) is 12.2 Å². The monoisotopic (exact) mass is 976 g/mol. The van der Waals surface area contributed by atoms with Gasteiger partial charge in [0.15, 0.2) is 0 Å². The van der Waals surface area contributed by atoms with Crippen molar-refractivity contribution in [2.45, 2.75) is 379 Å². The first kappa shape index (κ1) is 68.0. The summed E-state index contributed by atoms with van der Waals surface area (Å²) in [5.41, 5.74) is 0. The first-order chi connectivity index (χ1) is 34.0. The van der Waals surface area contributed by atoms with E-state index in [-0.39, 0.29) is 0 Å². The summed E-state index contributed by atoms with van der Waals surface area (Å²) in [6.07, 6.45) is 70.2. The Morgan fingerprint density at radius 1 is 0.348 bits per heavy atom. The molecule has 0 aliphatic rings. The van der Waals surface area contributed by atoms with Crippen LogP contribution in [0.3, 0.4) is 0 Å². The van der Waals surface area contributed by atoms with Gasteiger partial charge in [0.05, 0.1) is 18.8 Å². The van der Waals surface area contributed by atoms with E-state index in [0.29, 0.717) is 12.8 Å². The fourth-order valence-electron chi connectivity index (χ4n) is 10.3. The molecule has 0 rings (SSSR count). The van der Waals surface area contributed by atoms with Gasteiger partial charge in [-0.25, -0.2) is 0 Å². The van der Waals surface area contributed by atoms with Gasteiger partial charge >= 0.3 is 0 Å². The summed E-state index contributed by atoms with van der Waals surface area (Å²) in [7, 11) is 0. The molecule has 6 nitrogen and oxygen atoms in total. The Bertz CT molecular complexity index is 1010. The minimum Gasteiger partial charge on any atom is -0.394 e. The molecular weight excluding hydrogens is 851 g/mol. The maximum Gasteiger partial charge on any atom is 0.249 e. The molecule has 0 radical (unpaired) electrons. The first-order valence-electron chi connectivity index (χ1n) is 31.6. The van der Waals surface area contributed by atoms with E-state index in [1.54, 1.807) is 0 Å². The lowest BCUT2D eigenvalue weighted by Gasteiger charge is -2.27. The Kier molecular flexibility index (Phi) is 57.1. The van der Waals surface area contributed by atoms with Crippen LogP contribution in [0.1, 0.15) is 354 Å². The first-order valence-corrected chi connectivity index (χ1v) is 31.6. The van der Waals surface area contributed by atoms with E-state index in [1.165, 1.54) is 289 Å². The van der Waals surface area contributed by atoms with E-state index in [0.717, 1.165) is 38.5 Å². The van der Waals surface area contributed by atoms with Gasteiger partial charge in [0.25, 0.3) is 0 Å². The maximum atomic E-state index is 12.6. The van der Waals surface area contributed by atoms with Gasteiger partial charge in [-0.05, 0) is 38.5 Å². The number of rotatable bonds is 59. The number of aliphatic hydroxyl groups is 4. The molecule has 6 heteroatoms. The van der Waals surface area contributed by atoms with Gasteiger partial charge < -0.3 is 25.7 Å². The van der Waals surface area contributed by atoms with Crippen LogP contribution in [0.4, 0.5) is 0 Å². The molecule has 0 aromatic heterocycles. The number of carbonyl (C=O) groups is 1. The smallest absolute Gasteiger partial charge is 0.249 e. The van der Waals surface area contributed by atoms with Crippen LogP contribution >= 0.6 is 0 Å². The van der Waals surface area contributed by atoms with E-state index < -0.39 is 36.9 Å². The lowest BCUT2D eigenvalue weighted by atomic mass is 9.99. The normalized spacial score (nSPS) is 13.7. The van der Waals surface area contributed by atoms with Crippen molar-refractivity contribution in [1.29, 1.82) is 0 Å². The van der Waals surface area contributed by atoms with Crippen molar-refractivity contribution in [1.82, 2.24) is 5.32 Å². The van der Waals surface area contributed by atoms with Crippen molar-refractivity contribution in [3.05, 3.63) is 12.2 Å². The number of carbonyl (C=O) groups excluding carboxylic acids is 1. The third-order valence-corrected chi connectivity index (χ3v) is 15.2. The van der Waals surface area contributed by atoms with E-state index in [1.807, 2.05) is 0 Å². The molecule has 0 saturated heterocycles. The molecule has 0 spiro atoms. The average Bonchev–Trinajstić information content (AvgIpc) is 3.35. The molecule has 4 atom stereocenters. The molecule has 5 N–H and O–H groups in total. The molecule has 0 aromatic rings. The number of nitrogens with one attached hydrogen (secondary N) is 1. The highest BCUT2D eigenvalue weighted by atomic mass is 16.3. The Hall–Kier alpha value is -0.950. The minimum absolute atomic E-state index is 0.369. The lowest BCUT2D eigenvalue weighted by molar-refractivity contribution is -0.132. The zero-order chi connectivity index (χ0) is 50.2. The van der Waals surface area contributed by atoms with Crippen LogP contribution in [0, 0.1) is 0 Å². The number of unbranched alkanes of at least 4 members (excludes halogenated alkanes) is 48. The molecule has 4 unspecified atom stereocenters. The third kappa shape index (κ3) is 51.7. The second-order valence-corrected chi connectivity index (χ2v) is 22.1. The predicted molar refractivity (Wildman–Crippen MR) is 302 cm³/mol. The average molecular weight is 977 g/mol. The molecule has 0 aromatic carbocycles. The number of allylic oxidation sites excluding steroid dienone is 2. The second kappa shape index (κ2) is 57.9. The molecular formula is C63H125NO5. The van der Waals surface area contributed by atoms with Crippen LogP contribution in [0.25, 0.3) is 0 Å². The molecule has 0 aliphatic heterocycles. The van der Waals surface area contributed by atoms with Gasteiger partial charge in [-0.1, -0.05) is 328 Å². The number of hydrogen-bond donors (Lipinski definition) is 5. The van der Waals surface area contributed by atoms with Gasteiger partial charge in [-0.2, -0.15) is 0 Å². The Morgan fingerprint density at radius 2 is 0.580 bits per heavy atom. The molecule has 0 heterocycles. The summed E-state index contributed by atoms with van der Waals surface area (Å²) in [6, 6.07) is -0.986. The van der Waals surface area contributed by atoms with Crippen LogP contribution in [-0.2, 0) is 4.79 Å². The summed E-state index contributed by atoms with van der Waals surface area (Å²) in [4.78, 5) is 12.6. The molecule has 0 aliphatic carbocycles. The van der Waals surface area contributed by atoms with Crippen LogP contribution in [0.15, 0.2) is 12.2 Å². The molecule has 0 saturated carbocycles. The number of aliphatic hydroxyl groups excluding tert-OH is 4. The largest absolute Gasteiger partial charge is 0.394 e. The summed E-state index contributed by atoms with van der Waals surface area (Å²) in [6.45, 7) is 4.10. The standard InChI is InChI=1S/C63H125NO5/c1-3-5-7-9-11-13-15-17-19-21-23-25-27-29-30-31-32-33-35-36-38-40-42-44-46-48-50-52-54-56-60(66)62(68)59(58-65)64-63(69)61(67)57-55-53-51-49-47-45-43-41-39-37-34-28-26-24-22-20-18-16-14-12-10-8-6-4-2/h34,37,59-62,65-68H,3-33,35-36,38-58H2,1-2H3,(H,64,69)/b37-34-. The van der Waals surface area contributed by atoms with Crippen molar-refractivity contribution in [2.75, 3.05) is 6.61 Å². The molecule has 412 valence electrons. The van der Waals surface area contributed by atoms with Gasteiger partial charge in [-0.15, -0.1) is 0 Å². The number of hydrogen-bond acceptors (Lipinski definition) is 5. The summed E-state index contributed by atoms with van der Waals surface area (Å²) in [5, 5.41) is 44.1. The molecule has 0 fully saturated rings. The zero-order valence-corrected chi connectivity index (χ0v) is 46.8. The van der Waals surface area contributed by atoms with Crippen LogP contribution in [-0.4, -0.2) is 57.3 Å². The highest BCUT2D eigenvalue weighted by molar-refractivity contribution is 5.80. The van der Waals surface area contributed by atoms with Crippen molar-refractivity contribution >= 4 is 5.91 Å². The maximum absolute atomic E-state index is 12.6. The topological polar surface area (TPSA) is 110 Å². The van der Waals surface area contributed by atoms with Gasteiger partial charge in [0.2, 0.25) is 5.91 Å². The van der Waals surface area contributed by atoms with Crippen LogP contribution in [0.2, 0.25) is 0 Å². The third-order valence-electron chi connectivity index (χ3n) is 15.2. The Morgan fingerprint density at radius 3 is 0.841 bits per heavy atom. The van der Waals surface area contributed by atoms with Crippen molar-refractivity contribution in [2.24, 2.45) is 0 Å². The predicted octanol–water partition coefficient (Wildman–Crippen LogP) is 18.8. The lowest BCUT2D eigenvalue weighted by Crippen LogP contribution is -2.53. The van der Waals surface area contributed by atoms with Crippen molar-refractivity contribution in [3.63, 3.8) is 0 Å². The quantitative estimate of drug-likeness (QED) is 0.0308. The molecule has 1 amide bonds. The SMILES string of the molecule is CCCCCCCCCCCCCC/C=C\CCCCCCCCCCC(O)C(=O)NC(CO)C(O)C(O)CCCCCCCCCCCCCCCCCCCCCCCCCCCCCCC. The highest BCUT2D eigenvalue weighted by Gasteiger charge is 2.28. The molecule has 0 bridgehead atoms. The fraction of sp³-hybridized carbons (Fsp3) is 0.952. The Labute approximate surface area is 432 Å². The van der Waals surface area contributed by atoms with Crippen LogP contribution < -0.4 is 5.32 Å². The van der Waals surface area contributed by atoms with E-state index in [2.05, 4.69) is 31.3 Å². The van der Waals surface area contributed by atoms with Gasteiger partial charge in [-0.3, -0.25) is 4.79 Å². The van der Waals surface area contributed by atoms with Gasteiger partial charge in [0, 0.05) is 0 Å². The van der Waals surface area contributed by atoms with E-state index in [9.17, 15) is 25.2 Å². The summed E-state index contributed by atoms with van der Waals surface area (Å²) >= 11 is 0. The minimum atomic E-state index is -1.26. The second-order valence-electron chi connectivity index (χ2n) is 22.1. The zero-order valence-electron chi connectivity index (χ0n) is 46.8. The Balaban J connectivity index is 3.56. The summed E-state index contributed by atoms with van der Waals surface area (Å²) < 4.78 is 0. The fourth-order valence-corrected chi connectivity index (χ4v) is 10.3. The highest BCUT2D eigenvalue weighted by Crippen LogP contribution is 2.19. The van der Waals surface area contributed by atoms with Crippen molar-refractivity contribution in [3.8, 4) is 0 Å². The van der Waals surface area contributed by atoms with E-state index in [4.69, 9.17) is 0 Å². The summed E-state index contributed by atoms with van der Waals surface area (Å²) in [5.74, 6) is -0.579.